The number of unbranched alkanes of at least 4 members (excludes halogenated alkanes) is 24. The molecule has 0 aliphatic carbocycles. The van der Waals surface area contributed by atoms with Crippen molar-refractivity contribution >= 4 is 22.1 Å². The molecule has 0 fully saturated rings. The zero-order valence-corrected chi connectivity index (χ0v) is 33.2. The molecule has 0 aromatic carbocycles. The average Bonchev–Trinajstić information content (AvgIpc) is 3.03. The molecule has 10 heteroatoms. The summed E-state index contributed by atoms with van der Waals surface area (Å²) < 4.78 is 32.4. The number of hydrogen-bond acceptors (Lipinski definition) is 6. The van der Waals surface area contributed by atoms with Gasteiger partial charge in [-0.3, -0.25) is 14.1 Å². The van der Waals surface area contributed by atoms with E-state index in [4.69, 9.17) is 0 Å². The molecule has 0 bridgehead atoms. The van der Waals surface area contributed by atoms with E-state index in [2.05, 4.69) is 38.2 Å². The van der Waals surface area contributed by atoms with E-state index in [0.717, 1.165) is 77.0 Å². The minimum absolute atomic E-state index is 0. The van der Waals surface area contributed by atoms with Crippen LogP contribution in [0.25, 0.3) is 0 Å². The maximum absolute atomic E-state index is 12.5. The Morgan fingerprint density at radius 2 is 0.820 bits per heavy atom. The van der Waals surface area contributed by atoms with E-state index >= 15 is 0 Å². The van der Waals surface area contributed by atoms with Gasteiger partial charge in [0.15, 0.2) is 0 Å². The Bertz CT molecular complexity index is 955. The minimum atomic E-state index is -5.16. The summed E-state index contributed by atoms with van der Waals surface area (Å²) in [7, 11) is -5.16. The molecule has 0 rings (SSSR count). The summed E-state index contributed by atoms with van der Waals surface area (Å²) in [5.74, 6) is -4.94. The highest BCUT2D eigenvalue weighted by molar-refractivity contribution is 7.88. The van der Waals surface area contributed by atoms with Crippen molar-refractivity contribution in [2.45, 2.75) is 211 Å². The monoisotopic (exact) mass is 733 g/mol. The van der Waals surface area contributed by atoms with Crippen molar-refractivity contribution < 1.29 is 32.8 Å². The van der Waals surface area contributed by atoms with Crippen LogP contribution < -0.4 is 12.3 Å². The lowest BCUT2D eigenvalue weighted by atomic mass is 9.82. The molecule has 0 aliphatic rings. The number of hydrogen-bond donors (Lipinski definition) is 5. The molecule has 0 aromatic heterocycles. The van der Waals surface area contributed by atoms with Crippen molar-refractivity contribution in [3.05, 3.63) is 24.3 Å². The first-order chi connectivity index (χ1) is 23.1. The number of carboxylic acid groups (broad SMARTS) is 2. The van der Waals surface area contributed by atoms with Gasteiger partial charge in [0.05, 0.1) is 5.92 Å². The highest BCUT2D eigenvalue weighted by Gasteiger charge is 2.58. The van der Waals surface area contributed by atoms with Gasteiger partial charge in [-0.15, -0.1) is 0 Å². The molecule has 0 saturated carbocycles. The van der Waals surface area contributed by atoms with Crippen LogP contribution in [0.2, 0.25) is 0 Å². The van der Waals surface area contributed by atoms with E-state index in [1.165, 1.54) is 77.0 Å². The zero-order chi connectivity index (χ0) is 35.8. The fraction of sp³-hybridized carbons (Fsp3) is 0.850. The summed E-state index contributed by atoms with van der Waals surface area (Å²) in [6.07, 6.45) is 38.6. The molecule has 0 aromatic rings. The second-order valence-electron chi connectivity index (χ2n) is 14.0. The van der Waals surface area contributed by atoms with Crippen molar-refractivity contribution in [2.75, 3.05) is 0 Å². The summed E-state index contributed by atoms with van der Waals surface area (Å²) in [5.41, 5.74) is 0. The van der Waals surface area contributed by atoms with E-state index in [9.17, 15) is 32.8 Å². The van der Waals surface area contributed by atoms with Crippen molar-refractivity contribution in [1.29, 1.82) is 0 Å². The smallest absolute Gasteiger partial charge is 0.328 e. The van der Waals surface area contributed by atoms with Gasteiger partial charge < -0.3 is 22.5 Å². The Morgan fingerprint density at radius 1 is 0.520 bits per heavy atom. The molecule has 9 N–H and O–H groups in total. The van der Waals surface area contributed by atoms with Gasteiger partial charge in [0.1, 0.15) is 0 Å². The Kier molecular flexibility index (Phi) is 37.5. The average molecular weight is 733 g/mol. The molecule has 0 radical (unpaired) electrons. The van der Waals surface area contributed by atoms with Crippen LogP contribution in [0.1, 0.15) is 206 Å². The number of allylic oxidation sites excluding steroid dienone is 4. The van der Waals surface area contributed by atoms with Crippen LogP contribution in [-0.4, -0.2) is 39.9 Å². The van der Waals surface area contributed by atoms with Crippen LogP contribution in [-0.2, 0) is 19.7 Å². The van der Waals surface area contributed by atoms with Gasteiger partial charge in [0.2, 0.25) is 4.75 Å². The normalized spacial score (nSPS) is 13.6. The molecule has 0 amide bonds. The Morgan fingerprint density at radius 3 is 1.12 bits per heavy atom. The lowest BCUT2D eigenvalue weighted by Crippen LogP contribution is -2.55. The highest BCUT2D eigenvalue weighted by atomic mass is 32.2. The fourth-order valence-electron chi connectivity index (χ4n) is 6.64. The van der Waals surface area contributed by atoms with Crippen molar-refractivity contribution in [3.63, 3.8) is 0 Å². The second kappa shape index (κ2) is 35.6. The highest BCUT2D eigenvalue weighted by Crippen LogP contribution is 2.37. The van der Waals surface area contributed by atoms with Crippen molar-refractivity contribution in [2.24, 2.45) is 5.92 Å². The summed E-state index contributed by atoms with van der Waals surface area (Å²) in [6, 6.07) is 0. The predicted molar refractivity (Wildman–Crippen MR) is 211 cm³/mol. The number of aliphatic carboxylic acids is 2. The lowest BCUT2D eigenvalue weighted by Gasteiger charge is -2.32. The third-order valence-electron chi connectivity index (χ3n) is 9.75. The maximum Gasteiger partial charge on any atom is 0.328 e. The lowest BCUT2D eigenvalue weighted by molar-refractivity contribution is -0.152. The van der Waals surface area contributed by atoms with Crippen molar-refractivity contribution in [1.82, 2.24) is 12.3 Å². The van der Waals surface area contributed by atoms with Gasteiger partial charge in [-0.25, -0.2) is 0 Å². The van der Waals surface area contributed by atoms with Gasteiger partial charge in [0, 0.05) is 0 Å². The van der Waals surface area contributed by atoms with Gasteiger partial charge in [-0.2, -0.15) is 8.42 Å². The Labute approximate surface area is 307 Å². The summed E-state index contributed by atoms with van der Waals surface area (Å²) in [4.78, 5) is 24.6. The van der Waals surface area contributed by atoms with Crippen LogP contribution in [0.5, 0.6) is 0 Å². The number of carboxylic acids is 2. The van der Waals surface area contributed by atoms with Crippen LogP contribution in [0, 0.1) is 5.92 Å². The molecular weight excluding hydrogens is 653 g/mol. The van der Waals surface area contributed by atoms with E-state index in [0.29, 0.717) is 19.3 Å². The SMILES string of the molecule is CCCCCCCCC=CCCCCCCCCC(C(=O)O)C(CCCCCCCCC=CCCCCCCCC)(C(=O)O)S(=O)(=O)O.N.N. The quantitative estimate of drug-likeness (QED) is 0.0236. The Hall–Kier alpha value is -1.75. The second-order valence-corrected chi connectivity index (χ2v) is 15.7. The fourth-order valence-corrected chi connectivity index (χ4v) is 7.84. The van der Waals surface area contributed by atoms with Gasteiger partial charge in [-0.05, 0) is 64.2 Å². The molecule has 2 unspecified atom stereocenters. The summed E-state index contributed by atoms with van der Waals surface area (Å²) in [5, 5.41) is 20.0. The molecule has 0 heterocycles. The molecular formula is C40H80N2O7S. The maximum atomic E-state index is 12.5. The van der Waals surface area contributed by atoms with Gasteiger partial charge >= 0.3 is 11.9 Å². The predicted octanol–water partition coefficient (Wildman–Crippen LogP) is 12.6. The largest absolute Gasteiger partial charge is 0.481 e. The number of carbonyl (C=O) groups is 2. The number of rotatable bonds is 36. The molecule has 298 valence electrons. The summed E-state index contributed by atoms with van der Waals surface area (Å²) in [6.45, 7) is 4.47. The molecule has 0 spiro atoms. The standard InChI is InChI=1S/C40H74O7S.2H3N/c1-3-5-7-9-11-13-15-17-19-21-23-25-27-29-31-33-35-37(38(41)42)40(39(43)44,48(45,46)47)36-34-32-30-28-26-24-22-20-18-16-14-12-10-8-6-4-2;;/h17-20,37H,3-16,21-36H2,1-2H3,(H,41,42)(H,43,44)(H,45,46,47);2*1H3. The van der Waals surface area contributed by atoms with E-state index < -0.39 is 39.1 Å². The van der Waals surface area contributed by atoms with Gasteiger partial charge in [-0.1, -0.05) is 167 Å². The van der Waals surface area contributed by atoms with E-state index in [1.54, 1.807) is 0 Å². The van der Waals surface area contributed by atoms with E-state index in [1.807, 2.05) is 0 Å². The van der Waals surface area contributed by atoms with Crippen LogP contribution in [0.3, 0.4) is 0 Å². The topological polar surface area (TPSA) is 199 Å². The minimum Gasteiger partial charge on any atom is -0.481 e. The third kappa shape index (κ3) is 26.1. The molecule has 9 nitrogen and oxygen atoms in total. The first-order valence-corrected chi connectivity index (χ1v) is 21.3. The molecule has 0 aliphatic heterocycles. The summed E-state index contributed by atoms with van der Waals surface area (Å²) >= 11 is 0. The van der Waals surface area contributed by atoms with Crippen LogP contribution in [0.4, 0.5) is 0 Å². The van der Waals surface area contributed by atoms with Crippen LogP contribution >= 0.6 is 0 Å². The first kappa shape index (κ1) is 52.6. The first-order valence-electron chi connectivity index (χ1n) is 19.9. The molecule has 2 atom stereocenters. The van der Waals surface area contributed by atoms with Gasteiger partial charge in [0.25, 0.3) is 10.1 Å². The Balaban J connectivity index is -0.0000110. The molecule has 0 saturated heterocycles. The van der Waals surface area contributed by atoms with E-state index in [-0.39, 0.29) is 25.1 Å². The molecule has 50 heavy (non-hydrogen) atoms. The van der Waals surface area contributed by atoms with Crippen LogP contribution in [0.15, 0.2) is 24.3 Å². The zero-order valence-electron chi connectivity index (χ0n) is 32.4. The van der Waals surface area contributed by atoms with Crippen molar-refractivity contribution in [3.8, 4) is 0 Å². The third-order valence-corrected chi connectivity index (χ3v) is 11.3.